The van der Waals surface area contributed by atoms with E-state index in [1.165, 1.54) is 11.8 Å². The number of nitrogens with zero attached hydrogens (tertiary/aromatic N) is 4. The van der Waals surface area contributed by atoms with E-state index in [0.717, 1.165) is 28.5 Å². The SMILES string of the molecule is CCn1c(SCC(=O)NN=CC(C)=Cc2ccco2)nnc1-c1ccc(OC)cc1. The molecule has 0 aliphatic carbocycles. The molecular formula is C21H23N5O3S. The summed E-state index contributed by atoms with van der Waals surface area (Å²) in [6, 6.07) is 11.3. The Labute approximate surface area is 179 Å². The molecule has 0 fully saturated rings. The molecular weight excluding hydrogens is 402 g/mol. The Bertz CT molecular complexity index is 1020. The Balaban J connectivity index is 1.56. The van der Waals surface area contributed by atoms with E-state index in [4.69, 9.17) is 9.15 Å². The predicted molar refractivity (Wildman–Crippen MR) is 117 cm³/mol. The summed E-state index contributed by atoms with van der Waals surface area (Å²) in [4.78, 5) is 12.1. The summed E-state index contributed by atoms with van der Waals surface area (Å²) in [7, 11) is 1.63. The molecule has 0 saturated heterocycles. The molecule has 1 amide bonds. The molecule has 9 heteroatoms. The zero-order valence-electron chi connectivity index (χ0n) is 17.0. The number of hydrogen-bond donors (Lipinski definition) is 1. The van der Waals surface area contributed by atoms with Gasteiger partial charge in [-0.2, -0.15) is 5.10 Å². The molecule has 0 radical (unpaired) electrons. The summed E-state index contributed by atoms with van der Waals surface area (Å²) in [5, 5.41) is 13.2. The molecule has 0 bridgehead atoms. The smallest absolute Gasteiger partial charge is 0.250 e. The number of benzene rings is 1. The van der Waals surface area contributed by atoms with E-state index in [1.54, 1.807) is 19.6 Å². The molecule has 2 aromatic heterocycles. The average molecular weight is 426 g/mol. The van der Waals surface area contributed by atoms with Gasteiger partial charge in [-0.1, -0.05) is 11.8 Å². The van der Waals surface area contributed by atoms with Crippen LogP contribution in [0, 0.1) is 0 Å². The Morgan fingerprint density at radius 2 is 2.10 bits per heavy atom. The van der Waals surface area contributed by atoms with Crippen LogP contribution in [0.25, 0.3) is 17.5 Å². The highest BCUT2D eigenvalue weighted by Crippen LogP contribution is 2.25. The van der Waals surface area contributed by atoms with Crippen LogP contribution in [0.3, 0.4) is 0 Å². The first-order valence-corrected chi connectivity index (χ1v) is 10.3. The van der Waals surface area contributed by atoms with Crippen LogP contribution in [0.2, 0.25) is 0 Å². The Kier molecular flexibility index (Phi) is 7.45. The first-order chi connectivity index (χ1) is 14.6. The molecule has 3 aromatic rings. The molecule has 2 heterocycles. The molecule has 0 unspecified atom stereocenters. The molecule has 1 aromatic carbocycles. The summed E-state index contributed by atoms with van der Waals surface area (Å²) >= 11 is 1.31. The van der Waals surface area contributed by atoms with Crippen LogP contribution in [0.1, 0.15) is 19.6 Å². The van der Waals surface area contributed by atoms with Crippen LogP contribution >= 0.6 is 11.8 Å². The normalized spacial score (nSPS) is 11.8. The van der Waals surface area contributed by atoms with Gasteiger partial charge in [0.1, 0.15) is 11.5 Å². The third-order valence-corrected chi connectivity index (χ3v) is 5.05. The first kappa shape index (κ1) is 21.4. The number of carbonyl (C=O) groups is 1. The minimum absolute atomic E-state index is 0.180. The second-order valence-corrected chi connectivity index (χ2v) is 7.21. The molecule has 0 aliphatic heterocycles. The van der Waals surface area contributed by atoms with Gasteiger partial charge in [-0.3, -0.25) is 4.79 Å². The lowest BCUT2D eigenvalue weighted by molar-refractivity contribution is -0.118. The van der Waals surface area contributed by atoms with E-state index in [9.17, 15) is 4.79 Å². The molecule has 30 heavy (non-hydrogen) atoms. The van der Waals surface area contributed by atoms with Crippen molar-refractivity contribution < 1.29 is 13.9 Å². The Morgan fingerprint density at radius 1 is 1.30 bits per heavy atom. The van der Waals surface area contributed by atoms with Crippen LogP contribution in [0.4, 0.5) is 0 Å². The van der Waals surface area contributed by atoms with Gasteiger partial charge in [-0.25, -0.2) is 5.43 Å². The van der Waals surface area contributed by atoms with E-state index in [0.29, 0.717) is 11.7 Å². The topological polar surface area (TPSA) is 94.5 Å². The molecule has 1 N–H and O–H groups in total. The summed E-state index contributed by atoms with van der Waals surface area (Å²) in [5.41, 5.74) is 4.31. The maximum absolute atomic E-state index is 12.1. The van der Waals surface area contributed by atoms with Gasteiger partial charge >= 0.3 is 0 Å². The van der Waals surface area contributed by atoms with Crippen LogP contribution in [0.5, 0.6) is 5.75 Å². The number of amides is 1. The summed E-state index contributed by atoms with van der Waals surface area (Å²) < 4.78 is 12.4. The van der Waals surface area contributed by atoms with Gasteiger partial charge in [0.25, 0.3) is 5.91 Å². The van der Waals surface area contributed by atoms with Crippen molar-refractivity contribution in [1.29, 1.82) is 0 Å². The molecule has 0 atom stereocenters. The fourth-order valence-electron chi connectivity index (χ4n) is 2.64. The zero-order valence-corrected chi connectivity index (χ0v) is 17.8. The van der Waals surface area contributed by atoms with Crippen molar-refractivity contribution in [3.8, 4) is 17.1 Å². The van der Waals surface area contributed by atoms with Crippen molar-refractivity contribution >= 4 is 30.0 Å². The van der Waals surface area contributed by atoms with Gasteiger partial charge < -0.3 is 13.7 Å². The highest BCUT2D eigenvalue weighted by Gasteiger charge is 2.14. The third kappa shape index (κ3) is 5.60. The number of furan rings is 1. The zero-order chi connectivity index (χ0) is 21.3. The summed E-state index contributed by atoms with van der Waals surface area (Å²) in [6.45, 7) is 4.57. The summed E-state index contributed by atoms with van der Waals surface area (Å²) in [6.07, 6.45) is 5.00. The third-order valence-electron chi connectivity index (χ3n) is 4.08. The molecule has 0 aliphatic rings. The van der Waals surface area contributed by atoms with Gasteiger partial charge in [0.2, 0.25) is 0 Å². The maximum Gasteiger partial charge on any atom is 0.250 e. The van der Waals surface area contributed by atoms with Gasteiger partial charge in [0.05, 0.1) is 25.3 Å². The summed E-state index contributed by atoms with van der Waals surface area (Å²) in [5.74, 6) is 2.22. The number of ether oxygens (including phenoxy) is 1. The molecule has 8 nitrogen and oxygen atoms in total. The number of carbonyl (C=O) groups excluding carboxylic acids is 1. The highest BCUT2D eigenvalue weighted by molar-refractivity contribution is 7.99. The van der Waals surface area contributed by atoms with Gasteiger partial charge in [0.15, 0.2) is 11.0 Å². The van der Waals surface area contributed by atoms with Crippen molar-refractivity contribution in [2.24, 2.45) is 5.10 Å². The van der Waals surface area contributed by atoms with E-state index in [2.05, 4.69) is 20.7 Å². The van der Waals surface area contributed by atoms with E-state index in [-0.39, 0.29) is 11.7 Å². The van der Waals surface area contributed by atoms with Gasteiger partial charge in [-0.15, -0.1) is 10.2 Å². The molecule has 156 valence electrons. The number of methoxy groups -OCH3 is 1. The Morgan fingerprint density at radius 3 is 2.77 bits per heavy atom. The first-order valence-electron chi connectivity index (χ1n) is 9.34. The lowest BCUT2D eigenvalue weighted by Gasteiger charge is -2.07. The Hall–Kier alpha value is -3.33. The van der Waals surface area contributed by atoms with Crippen molar-refractivity contribution in [3.05, 3.63) is 54.0 Å². The van der Waals surface area contributed by atoms with Crippen molar-refractivity contribution in [3.63, 3.8) is 0 Å². The van der Waals surface area contributed by atoms with Gasteiger partial charge in [-0.05, 0) is 61.9 Å². The molecule has 3 rings (SSSR count). The van der Waals surface area contributed by atoms with Crippen LogP contribution < -0.4 is 10.2 Å². The highest BCUT2D eigenvalue weighted by atomic mass is 32.2. The standard InChI is InChI=1S/C21H23N5O3S/c1-4-26-20(16-7-9-17(28-3)10-8-16)24-25-21(26)30-14-19(27)23-22-13-15(2)12-18-6-5-11-29-18/h5-13H,4,14H2,1-3H3,(H,23,27). The lowest BCUT2D eigenvalue weighted by atomic mass is 10.2. The monoisotopic (exact) mass is 425 g/mol. The fraction of sp³-hybridized carbons (Fsp3) is 0.238. The largest absolute Gasteiger partial charge is 0.497 e. The molecule has 0 saturated carbocycles. The quantitative estimate of drug-likeness (QED) is 0.318. The fourth-order valence-corrected chi connectivity index (χ4v) is 3.43. The van der Waals surface area contributed by atoms with E-state index < -0.39 is 0 Å². The predicted octanol–water partition coefficient (Wildman–Crippen LogP) is 3.86. The van der Waals surface area contributed by atoms with Crippen LogP contribution in [-0.4, -0.2) is 39.7 Å². The second-order valence-electron chi connectivity index (χ2n) is 6.26. The number of thioether (sulfide) groups is 1. The maximum atomic E-state index is 12.1. The second kappa shape index (κ2) is 10.4. The van der Waals surface area contributed by atoms with Crippen molar-refractivity contribution in [2.45, 2.75) is 25.5 Å². The van der Waals surface area contributed by atoms with Gasteiger partial charge in [0, 0.05) is 12.1 Å². The number of nitrogens with one attached hydrogen (secondary N) is 1. The number of hydrogen-bond acceptors (Lipinski definition) is 7. The van der Waals surface area contributed by atoms with Crippen molar-refractivity contribution in [2.75, 3.05) is 12.9 Å². The number of aromatic nitrogens is 3. The van der Waals surface area contributed by atoms with E-state index in [1.807, 2.05) is 60.9 Å². The number of rotatable bonds is 9. The number of hydrazone groups is 1. The van der Waals surface area contributed by atoms with Crippen LogP contribution in [0.15, 0.2) is 62.9 Å². The average Bonchev–Trinajstić information content (AvgIpc) is 3.41. The van der Waals surface area contributed by atoms with Crippen LogP contribution in [-0.2, 0) is 11.3 Å². The molecule has 0 spiro atoms. The lowest BCUT2D eigenvalue weighted by Crippen LogP contribution is -2.20. The number of allylic oxidation sites excluding steroid dienone is 1. The van der Waals surface area contributed by atoms with Crippen molar-refractivity contribution in [1.82, 2.24) is 20.2 Å². The minimum atomic E-state index is -0.223. The minimum Gasteiger partial charge on any atom is -0.497 e. The van der Waals surface area contributed by atoms with E-state index >= 15 is 0 Å².